The fourth-order valence-electron chi connectivity index (χ4n) is 3.84. The highest BCUT2D eigenvalue weighted by Crippen LogP contribution is 2.22. The summed E-state index contributed by atoms with van der Waals surface area (Å²) in [6, 6.07) is 6.79. The number of nitrogens with zero attached hydrogens (tertiary/aromatic N) is 5. The van der Waals surface area contributed by atoms with Crippen molar-refractivity contribution < 1.29 is 13.9 Å². The van der Waals surface area contributed by atoms with E-state index in [9.17, 15) is 9.18 Å². The summed E-state index contributed by atoms with van der Waals surface area (Å²) in [7, 11) is 0. The van der Waals surface area contributed by atoms with Crippen LogP contribution in [0.5, 0.6) is 0 Å². The summed E-state index contributed by atoms with van der Waals surface area (Å²) in [5.74, 6) is -0.176. The molecule has 2 aliphatic rings. The van der Waals surface area contributed by atoms with Gasteiger partial charge in [0.25, 0.3) is 0 Å². The lowest BCUT2D eigenvalue weighted by atomic mass is 10.1. The first-order valence-electron chi connectivity index (χ1n) is 9.91. The summed E-state index contributed by atoms with van der Waals surface area (Å²) in [6.45, 7) is 5.49. The summed E-state index contributed by atoms with van der Waals surface area (Å²) >= 11 is 0. The average molecular weight is 387 g/mol. The number of halogens is 1. The number of benzene rings is 1. The van der Waals surface area contributed by atoms with Crippen LogP contribution < -0.4 is 0 Å². The van der Waals surface area contributed by atoms with Crippen LogP contribution in [0.15, 0.2) is 30.5 Å². The topological polar surface area (TPSA) is 63.5 Å². The fourth-order valence-corrected chi connectivity index (χ4v) is 3.84. The second-order valence-electron chi connectivity index (χ2n) is 7.45. The van der Waals surface area contributed by atoms with E-state index in [-0.39, 0.29) is 17.8 Å². The minimum Gasteiger partial charge on any atom is -0.379 e. The van der Waals surface area contributed by atoms with Crippen molar-refractivity contribution in [1.82, 2.24) is 24.8 Å². The van der Waals surface area contributed by atoms with Crippen molar-refractivity contribution in [3.63, 3.8) is 0 Å². The van der Waals surface area contributed by atoms with E-state index in [2.05, 4.69) is 15.2 Å². The van der Waals surface area contributed by atoms with Gasteiger partial charge in [-0.25, -0.2) is 9.07 Å². The second kappa shape index (κ2) is 8.79. The van der Waals surface area contributed by atoms with Gasteiger partial charge in [0, 0.05) is 39.1 Å². The van der Waals surface area contributed by atoms with Gasteiger partial charge >= 0.3 is 0 Å². The first-order chi connectivity index (χ1) is 13.7. The Morgan fingerprint density at radius 1 is 1.21 bits per heavy atom. The molecule has 150 valence electrons. The molecule has 0 spiro atoms. The number of aryl methyl sites for hydroxylation is 1. The molecule has 1 unspecified atom stereocenters. The monoisotopic (exact) mass is 387 g/mol. The van der Waals surface area contributed by atoms with Crippen LogP contribution in [-0.4, -0.2) is 70.1 Å². The number of likely N-dealkylation sites (tertiary alicyclic amines) is 1. The van der Waals surface area contributed by atoms with Crippen LogP contribution >= 0.6 is 0 Å². The minimum absolute atomic E-state index is 0.0689. The normalized spacial score (nSPS) is 20.6. The molecule has 1 aromatic carbocycles. The van der Waals surface area contributed by atoms with Gasteiger partial charge in [0.05, 0.1) is 31.1 Å². The molecule has 0 N–H and O–H groups in total. The van der Waals surface area contributed by atoms with E-state index < -0.39 is 0 Å². The molecule has 2 aliphatic heterocycles. The first-order valence-corrected chi connectivity index (χ1v) is 9.91. The van der Waals surface area contributed by atoms with Crippen molar-refractivity contribution in [2.45, 2.75) is 31.8 Å². The van der Waals surface area contributed by atoms with Gasteiger partial charge in [-0.05, 0) is 24.5 Å². The first kappa shape index (κ1) is 19.0. The van der Waals surface area contributed by atoms with E-state index in [1.54, 1.807) is 18.2 Å². The third-order valence-electron chi connectivity index (χ3n) is 5.50. The van der Waals surface area contributed by atoms with Gasteiger partial charge < -0.3 is 9.64 Å². The molecule has 0 aliphatic carbocycles. The molecule has 7 nitrogen and oxygen atoms in total. The standard InChI is InChI=1S/C20H26FN5O2/c21-19-4-2-1-3-16(19)5-6-20(27)25-8-7-18(15-25)26-14-17(22-23-26)13-24-9-11-28-12-10-24/h1-4,14,18H,5-13,15H2. The zero-order chi connectivity index (χ0) is 19.3. The fraction of sp³-hybridized carbons (Fsp3) is 0.550. The van der Waals surface area contributed by atoms with Gasteiger partial charge in [-0.15, -0.1) is 5.10 Å². The molecule has 2 saturated heterocycles. The van der Waals surface area contributed by atoms with Crippen LogP contribution in [0.25, 0.3) is 0 Å². The Balaban J connectivity index is 1.28. The lowest BCUT2D eigenvalue weighted by Crippen LogP contribution is -2.35. The van der Waals surface area contributed by atoms with Crippen molar-refractivity contribution in [3.8, 4) is 0 Å². The number of rotatable bonds is 6. The van der Waals surface area contributed by atoms with Crippen molar-refractivity contribution >= 4 is 5.91 Å². The molecule has 0 saturated carbocycles. The molecule has 4 rings (SSSR count). The van der Waals surface area contributed by atoms with Gasteiger partial charge in [0.15, 0.2) is 0 Å². The average Bonchev–Trinajstić information content (AvgIpc) is 3.37. The summed E-state index contributed by atoms with van der Waals surface area (Å²) < 4.78 is 21.0. The molecule has 2 aromatic rings. The number of ether oxygens (including phenoxy) is 1. The SMILES string of the molecule is O=C(CCc1ccccc1F)N1CCC(n2cc(CN3CCOCC3)nn2)C1. The molecular weight excluding hydrogens is 361 g/mol. The maximum absolute atomic E-state index is 13.7. The Morgan fingerprint density at radius 3 is 2.86 bits per heavy atom. The number of hydrogen-bond donors (Lipinski definition) is 0. The molecule has 1 atom stereocenters. The Kier molecular flexibility index (Phi) is 5.97. The highest BCUT2D eigenvalue weighted by atomic mass is 19.1. The molecular formula is C20H26FN5O2. The highest BCUT2D eigenvalue weighted by molar-refractivity contribution is 5.76. The van der Waals surface area contributed by atoms with Crippen LogP contribution in [0, 0.1) is 5.82 Å². The van der Waals surface area contributed by atoms with Gasteiger partial charge in [-0.2, -0.15) is 0 Å². The van der Waals surface area contributed by atoms with Crippen molar-refractivity contribution in [1.29, 1.82) is 0 Å². The van der Waals surface area contributed by atoms with Gasteiger partial charge in [-0.1, -0.05) is 23.4 Å². The van der Waals surface area contributed by atoms with Gasteiger partial charge in [0.2, 0.25) is 5.91 Å². The van der Waals surface area contributed by atoms with E-state index in [0.717, 1.165) is 45.0 Å². The quantitative estimate of drug-likeness (QED) is 0.754. The summed E-state index contributed by atoms with van der Waals surface area (Å²) in [5, 5.41) is 8.58. The molecule has 8 heteroatoms. The number of carbonyl (C=O) groups is 1. The lowest BCUT2D eigenvalue weighted by molar-refractivity contribution is -0.130. The summed E-state index contributed by atoms with van der Waals surface area (Å²) in [5.41, 5.74) is 1.54. The maximum Gasteiger partial charge on any atom is 0.222 e. The summed E-state index contributed by atoms with van der Waals surface area (Å²) in [4.78, 5) is 16.7. The lowest BCUT2D eigenvalue weighted by Gasteiger charge is -2.25. The zero-order valence-electron chi connectivity index (χ0n) is 16.0. The third-order valence-corrected chi connectivity index (χ3v) is 5.50. The van der Waals surface area contributed by atoms with E-state index in [0.29, 0.717) is 31.5 Å². The van der Waals surface area contributed by atoms with E-state index >= 15 is 0 Å². The number of morpholine rings is 1. The number of amides is 1. The van der Waals surface area contributed by atoms with Crippen LogP contribution in [0.1, 0.15) is 30.1 Å². The summed E-state index contributed by atoms with van der Waals surface area (Å²) in [6.07, 6.45) is 3.62. The molecule has 1 amide bonds. The Morgan fingerprint density at radius 2 is 2.04 bits per heavy atom. The molecule has 28 heavy (non-hydrogen) atoms. The molecule has 1 aromatic heterocycles. The van der Waals surface area contributed by atoms with Crippen LogP contribution in [-0.2, 0) is 22.5 Å². The van der Waals surface area contributed by atoms with Crippen molar-refractivity contribution in [2.75, 3.05) is 39.4 Å². The van der Waals surface area contributed by atoms with Gasteiger partial charge in [-0.3, -0.25) is 9.69 Å². The smallest absolute Gasteiger partial charge is 0.222 e. The highest BCUT2D eigenvalue weighted by Gasteiger charge is 2.28. The van der Waals surface area contributed by atoms with E-state index in [1.165, 1.54) is 6.07 Å². The Bertz CT molecular complexity index is 805. The predicted octanol–water partition coefficient (Wildman–Crippen LogP) is 1.66. The van der Waals surface area contributed by atoms with E-state index in [1.807, 2.05) is 15.8 Å². The van der Waals surface area contributed by atoms with Crippen molar-refractivity contribution in [2.24, 2.45) is 0 Å². The largest absolute Gasteiger partial charge is 0.379 e. The molecule has 0 bridgehead atoms. The third kappa shape index (κ3) is 4.56. The molecule has 2 fully saturated rings. The van der Waals surface area contributed by atoms with Crippen LogP contribution in [0.3, 0.4) is 0 Å². The van der Waals surface area contributed by atoms with E-state index in [4.69, 9.17) is 4.74 Å². The number of carbonyl (C=O) groups excluding carboxylic acids is 1. The maximum atomic E-state index is 13.7. The molecule has 3 heterocycles. The Hall–Kier alpha value is -2.32. The number of hydrogen-bond acceptors (Lipinski definition) is 5. The van der Waals surface area contributed by atoms with Crippen LogP contribution in [0.2, 0.25) is 0 Å². The Labute approximate surface area is 164 Å². The molecule has 0 radical (unpaired) electrons. The van der Waals surface area contributed by atoms with Gasteiger partial charge in [0.1, 0.15) is 5.82 Å². The minimum atomic E-state index is -0.245. The van der Waals surface area contributed by atoms with Crippen molar-refractivity contribution in [3.05, 3.63) is 47.5 Å². The van der Waals surface area contributed by atoms with Crippen LogP contribution in [0.4, 0.5) is 4.39 Å². The number of aromatic nitrogens is 3. The predicted molar refractivity (Wildman–Crippen MR) is 101 cm³/mol. The zero-order valence-corrected chi connectivity index (χ0v) is 16.0. The second-order valence-corrected chi connectivity index (χ2v) is 7.45.